The van der Waals surface area contributed by atoms with Gasteiger partial charge in [0.25, 0.3) is 0 Å². The molecule has 232 valence electrons. The van der Waals surface area contributed by atoms with Gasteiger partial charge in [0.05, 0.1) is 5.69 Å². The quantitative estimate of drug-likeness (QED) is 0.175. The third-order valence-electron chi connectivity index (χ3n) is 9.18. The zero-order valence-electron chi connectivity index (χ0n) is 26.8. The average molecular weight is 629 g/mol. The van der Waals surface area contributed by atoms with Crippen molar-refractivity contribution in [2.75, 3.05) is 9.80 Å². The minimum Gasteiger partial charge on any atom is -0.453 e. The summed E-state index contributed by atoms with van der Waals surface area (Å²) < 4.78 is 7.02. The van der Waals surface area contributed by atoms with E-state index in [4.69, 9.17) is 4.42 Å². The standard InChI is InChI=1S/C46H32N2O/c1-5-16-33(17-6-1)35-19-15-26-39(30-35)48(38-24-11-4-12-25-38)44-32-40(47(36-20-7-2-8-21-36)37-22-9-3-10-23-37)31-43-42-29-28-34-18-13-14-27-41(34)45(42)49-46(43)44/h1-32H. The Morgan fingerprint density at radius 3 is 1.53 bits per heavy atom. The molecule has 3 nitrogen and oxygen atoms in total. The molecule has 3 heteroatoms. The van der Waals surface area contributed by atoms with E-state index >= 15 is 0 Å². The van der Waals surface area contributed by atoms with Crippen molar-refractivity contribution in [1.82, 2.24) is 0 Å². The van der Waals surface area contributed by atoms with Crippen LogP contribution < -0.4 is 9.80 Å². The van der Waals surface area contributed by atoms with Crippen LogP contribution in [0.5, 0.6) is 0 Å². The van der Waals surface area contributed by atoms with Gasteiger partial charge in [0.1, 0.15) is 5.58 Å². The maximum absolute atomic E-state index is 7.02. The molecule has 0 radical (unpaired) electrons. The first kappa shape index (κ1) is 28.6. The Hall–Kier alpha value is -6.58. The summed E-state index contributed by atoms with van der Waals surface area (Å²) in [5, 5.41) is 4.40. The summed E-state index contributed by atoms with van der Waals surface area (Å²) >= 11 is 0. The molecule has 0 amide bonds. The molecule has 49 heavy (non-hydrogen) atoms. The first-order valence-electron chi connectivity index (χ1n) is 16.6. The molecule has 0 saturated heterocycles. The Kier molecular flexibility index (Phi) is 7.14. The van der Waals surface area contributed by atoms with E-state index < -0.39 is 0 Å². The summed E-state index contributed by atoms with van der Waals surface area (Å²) in [6.45, 7) is 0. The highest BCUT2D eigenvalue weighted by molar-refractivity contribution is 6.18. The van der Waals surface area contributed by atoms with Gasteiger partial charge in [-0.15, -0.1) is 0 Å². The molecule has 0 fully saturated rings. The first-order chi connectivity index (χ1) is 24.3. The smallest absolute Gasteiger partial charge is 0.159 e. The summed E-state index contributed by atoms with van der Waals surface area (Å²) in [5.74, 6) is 0. The van der Waals surface area contributed by atoms with Crippen LogP contribution in [0.4, 0.5) is 34.1 Å². The van der Waals surface area contributed by atoms with Crippen LogP contribution in [0.1, 0.15) is 0 Å². The third-order valence-corrected chi connectivity index (χ3v) is 9.18. The molecule has 0 aliphatic carbocycles. The number of furan rings is 1. The highest BCUT2D eigenvalue weighted by atomic mass is 16.3. The van der Waals surface area contributed by atoms with Crippen molar-refractivity contribution < 1.29 is 4.42 Å². The molecule has 8 aromatic carbocycles. The SMILES string of the molecule is c1ccc(-c2cccc(N(c3ccccc3)c3cc(N(c4ccccc4)c4ccccc4)cc4c3oc3c5ccccc5ccc43)c2)cc1. The Bertz CT molecular complexity index is 2500. The zero-order valence-corrected chi connectivity index (χ0v) is 26.8. The summed E-state index contributed by atoms with van der Waals surface area (Å²) in [5.41, 5.74) is 10.3. The molecule has 0 bridgehead atoms. The first-order valence-corrected chi connectivity index (χ1v) is 16.6. The van der Waals surface area contributed by atoms with Crippen molar-refractivity contribution in [2.24, 2.45) is 0 Å². The molecule has 9 aromatic rings. The third kappa shape index (κ3) is 5.18. The van der Waals surface area contributed by atoms with Gasteiger partial charge in [-0.1, -0.05) is 127 Å². The lowest BCUT2D eigenvalue weighted by Crippen LogP contribution is -2.13. The molecule has 0 aliphatic heterocycles. The van der Waals surface area contributed by atoms with Crippen LogP contribution in [0.3, 0.4) is 0 Å². The Morgan fingerprint density at radius 1 is 0.306 bits per heavy atom. The summed E-state index contributed by atoms with van der Waals surface area (Å²) in [6, 6.07) is 68.5. The Labute approximate surface area is 285 Å². The van der Waals surface area contributed by atoms with E-state index in [1.807, 2.05) is 0 Å². The van der Waals surface area contributed by atoms with Crippen molar-refractivity contribution in [2.45, 2.75) is 0 Å². The number of benzene rings is 8. The number of rotatable bonds is 7. The van der Waals surface area contributed by atoms with Gasteiger partial charge < -0.3 is 14.2 Å². The minimum atomic E-state index is 0.838. The van der Waals surface area contributed by atoms with E-state index in [-0.39, 0.29) is 0 Å². The van der Waals surface area contributed by atoms with E-state index in [2.05, 4.69) is 204 Å². The van der Waals surface area contributed by atoms with Crippen LogP contribution in [0.2, 0.25) is 0 Å². The largest absolute Gasteiger partial charge is 0.453 e. The molecular formula is C46H32N2O. The van der Waals surface area contributed by atoms with Crippen molar-refractivity contribution >= 4 is 66.8 Å². The van der Waals surface area contributed by atoms with Crippen LogP contribution in [-0.2, 0) is 0 Å². The van der Waals surface area contributed by atoms with Crippen molar-refractivity contribution in [1.29, 1.82) is 0 Å². The lowest BCUT2D eigenvalue weighted by Gasteiger charge is -2.29. The van der Waals surface area contributed by atoms with Crippen molar-refractivity contribution in [3.8, 4) is 11.1 Å². The molecular weight excluding hydrogens is 597 g/mol. The normalized spacial score (nSPS) is 11.3. The van der Waals surface area contributed by atoms with Crippen LogP contribution >= 0.6 is 0 Å². The molecule has 0 N–H and O–H groups in total. The lowest BCUT2D eigenvalue weighted by molar-refractivity contribution is 0.673. The molecule has 1 heterocycles. The second kappa shape index (κ2) is 12.2. The summed E-state index contributed by atoms with van der Waals surface area (Å²) in [4.78, 5) is 4.66. The van der Waals surface area contributed by atoms with Crippen LogP contribution in [0.25, 0.3) is 43.8 Å². The molecule has 1 aromatic heterocycles. The van der Waals surface area contributed by atoms with E-state index in [9.17, 15) is 0 Å². The molecule has 0 spiro atoms. The molecule has 0 aliphatic rings. The van der Waals surface area contributed by atoms with Gasteiger partial charge in [-0.2, -0.15) is 0 Å². The molecule has 0 saturated carbocycles. The van der Waals surface area contributed by atoms with Gasteiger partial charge >= 0.3 is 0 Å². The predicted molar refractivity (Wildman–Crippen MR) is 206 cm³/mol. The number of hydrogen-bond donors (Lipinski definition) is 0. The lowest BCUT2D eigenvalue weighted by atomic mass is 10.0. The van der Waals surface area contributed by atoms with Gasteiger partial charge in [0.2, 0.25) is 0 Å². The second-order valence-corrected chi connectivity index (χ2v) is 12.2. The fourth-order valence-electron chi connectivity index (χ4n) is 6.93. The van der Waals surface area contributed by atoms with Crippen LogP contribution in [0, 0.1) is 0 Å². The fourth-order valence-corrected chi connectivity index (χ4v) is 6.93. The second-order valence-electron chi connectivity index (χ2n) is 12.2. The fraction of sp³-hybridized carbons (Fsp3) is 0. The highest BCUT2D eigenvalue weighted by Crippen LogP contribution is 2.48. The van der Waals surface area contributed by atoms with E-state index in [0.29, 0.717) is 0 Å². The number of nitrogens with zero attached hydrogens (tertiary/aromatic N) is 2. The van der Waals surface area contributed by atoms with E-state index in [1.54, 1.807) is 0 Å². The van der Waals surface area contributed by atoms with Crippen LogP contribution in [-0.4, -0.2) is 0 Å². The van der Waals surface area contributed by atoms with Crippen LogP contribution in [0.15, 0.2) is 199 Å². The van der Waals surface area contributed by atoms with Gasteiger partial charge in [0, 0.05) is 44.6 Å². The molecule has 0 atom stereocenters. The average Bonchev–Trinajstić information content (AvgIpc) is 3.56. The Morgan fingerprint density at radius 2 is 0.857 bits per heavy atom. The van der Waals surface area contributed by atoms with Gasteiger partial charge in [0.15, 0.2) is 5.58 Å². The number of para-hydroxylation sites is 3. The molecule has 0 unspecified atom stereocenters. The Balaban J connectivity index is 1.38. The van der Waals surface area contributed by atoms with Gasteiger partial charge in [-0.3, -0.25) is 0 Å². The maximum atomic E-state index is 7.02. The minimum absolute atomic E-state index is 0.838. The van der Waals surface area contributed by atoms with E-state index in [1.165, 1.54) is 5.56 Å². The van der Waals surface area contributed by atoms with Gasteiger partial charge in [-0.25, -0.2) is 0 Å². The predicted octanol–water partition coefficient (Wildman–Crippen LogP) is 13.3. The molecule has 9 rings (SSSR count). The number of hydrogen-bond acceptors (Lipinski definition) is 3. The summed E-state index contributed by atoms with van der Waals surface area (Å²) in [6.07, 6.45) is 0. The maximum Gasteiger partial charge on any atom is 0.159 e. The zero-order chi connectivity index (χ0) is 32.6. The monoisotopic (exact) mass is 628 g/mol. The number of fused-ring (bicyclic) bond motifs is 5. The number of anilines is 6. The van der Waals surface area contributed by atoms with E-state index in [0.717, 1.165) is 72.4 Å². The topological polar surface area (TPSA) is 19.6 Å². The van der Waals surface area contributed by atoms with Crippen molar-refractivity contribution in [3.63, 3.8) is 0 Å². The highest BCUT2D eigenvalue weighted by Gasteiger charge is 2.24. The summed E-state index contributed by atoms with van der Waals surface area (Å²) in [7, 11) is 0. The van der Waals surface area contributed by atoms with Gasteiger partial charge in [-0.05, 0) is 83.2 Å². The van der Waals surface area contributed by atoms with Crippen molar-refractivity contribution in [3.05, 3.63) is 194 Å².